The van der Waals surface area contributed by atoms with Gasteiger partial charge < -0.3 is 14.8 Å². The molecule has 0 unspecified atom stereocenters. The van der Waals surface area contributed by atoms with Gasteiger partial charge in [-0.05, 0) is 24.3 Å². The normalized spacial score (nSPS) is 11.0. The summed E-state index contributed by atoms with van der Waals surface area (Å²) in [5, 5.41) is 2.73. The number of amides is 1. The van der Waals surface area contributed by atoms with E-state index >= 15 is 0 Å². The molecule has 162 valence electrons. The monoisotopic (exact) mass is 480 g/mol. The van der Waals surface area contributed by atoms with Crippen LogP contribution in [0.1, 0.15) is 10.4 Å². The number of ether oxygens (including phenoxy) is 2. The predicted octanol–water partition coefficient (Wildman–Crippen LogP) is 5.06. The summed E-state index contributed by atoms with van der Waals surface area (Å²) in [5.41, 5.74) is 0.842. The first-order valence-electron chi connectivity index (χ1n) is 8.86. The number of hydrogen-bond donors (Lipinski definition) is 2. The highest BCUT2D eigenvalue weighted by atomic mass is 35.5. The molecule has 0 atom stereocenters. The second kappa shape index (κ2) is 9.47. The highest BCUT2D eigenvalue weighted by molar-refractivity contribution is 7.92. The Morgan fingerprint density at radius 1 is 0.871 bits per heavy atom. The summed E-state index contributed by atoms with van der Waals surface area (Å²) in [6, 6.07) is 15.7. The van der Waals surface area contributed by atoms with Gasteiger partial charge in [0.2, 0.25) is 0 Å². The summed E-state index contributed by atoms with van der Waals surface area (Å²) in [5.74, 6) is 0.0193. The van der Waals surface area contributed by atoms with Crippen LogP contribution in [0.3, 0.4) is 0 Å². The third-order valence-corrected chi connectivity index (χ3v) is 6.59. The lowest BCUT2D eigenvalue weighted by Crippen LogP contribution is -2.16. The van der Waals surface area contributed by atoms with E-state index in [4.69, 9.17) is 32.7 Å². The number of carbonyl (C=O) groups excluding carboxylic acids is 1. The minimum absolute atomic E-state index is 0.0908. The number of nitrogens with one attached hydrogen (secondary N) is 2. The van der Waals surface area contributed by atoms with Crippen LogP contribution in [0.15, 0.2) is 65.6 Å². The Bertz CT molecular complexity index is 1220. The molecule has 0 spiro atoms. The third kappa shape index (κ3) is 5.04. The van der Waals surface area contributed by atoms with Gasteiger partial charge in [-0.1, -0.05) is 47.5 Å². The van der Waals surface area contributed by atoms with Crippen molar-refractivity contribution in [2.75, 3.05) is 24.3 Å². The van der Waals surface area contributed by atoms with Crippen LogP contribution < -0.4 is 19.5 Å². The van der Waals surface area contributed by atoms with Gasteiger partial charge in [-0.3, -0.25) is 9.52 Å². The lowest BCUT2D eigenvalue weighted by Gasteiger charge is -2.17. The van der Waals surface area contributed by atoms with Gasteiger partial charge in [0.15, 0.2) is 0 Å². The topological polar surface area (TPSA) is 93.7 Å². The fraction of sp³-hybridized carbons (Fsp3) is 0.0952. The standard InChI is InChI=1S/C21H18Cl2N2O5S/c1-29-17-12-16(25-31(27,28)19-10-6-9-14(22)20(19)23)18(30-2)11-15(17)24-21(26)13-7-4-3-5-8-13/h3-12,25H,1-2H3,(H,24,26). The maximum absolute atomic E-state index is 12.9. The van der Waals surface area contributed by atoms with Crippen molar-refractivity contribution < 1.29 is 22.7 Å². The zero-order chi connectivity index (χ0) is 22.6. The molecule has 3 rings (SSSR count). The molecule has 0 aliphatic heterocycles. The number of carbonyl (C=O) groups is 1. The second-order valence-electron chi connectivity index (χ2n) is 6.23. The molecule has 3 aromatic rings. The van der Waals surface area contributed by atoms with Crippen molar-refractivity contribution >= 4 is 50.5 Å². The maximum atomic E-state index is 12.9. The van der Waals surface area contributed by atoms with Crippen molar-refractivity contribution in [3.8, 4) is 11.5 Å². The first-order chi connectivity index (χ1) is 14.8. The summed E-state index contributed by atoms with van der Waals surface area (Å²) >= 11 is 12.0. The molecule has 0 aromatic heterocycles. The Morgan fingerprint density at radius 3 is 2.13 bits per heavy atom. The quantitative estimate of drug-likeness (QED) is 0.492. The Labute approximate surface area is 189 Å². The van der Waals surface area contributed by atoms with E-state index in [1.165, 1.54) is 44.6 Å². The van der Waals surface area contributed by atoms with Crippen LogP contribution in [0.4, 0.5) is 11.4 Å². The molecule has 3 aromatic carbocycles. The lowest BCUT2D eigenvalue weighted by molar-refractivity contribution is 0.102. The number of methoxy groups -OCH3 is 2. The molecule has 0 saturated heterocycles. The van der Waals surface area contributed by atoms with Crippen LogP contribution in [-0.4, -0.2) is 28.5 Å². The van der Waals surface area contributed by atoms with Crippen molar-refractivity contribution in [1.29, 1.82) is 0 Å². The van der Waals surface area contributed by atoms with E-state index in [2.05, 4.69) is 10.0 Å². The molecule has 10 heteroatoms. The van der Waals surface area contributed by atoms with E-state index in [0.717, 1.165) is 0 Å². The zero-order valence-electron chi connectivity index (χ0n) is 16.5. The Hall–Kier alpha value is -2.94. The molecular weight excluding hydrogens is 463 g/mol. The van der Waals surface area contributed by atoms with Crippen molar-refractivity contribution in [2.24, 2.45) is 0 Å². The van der Waals surface area contributed by atoms with Crippen LogP contribution in [0, 0.1) is 0 Å². The third-order valence-electron chi connectivity index (χ3n) is 4.26. The summed E-state index contributed by atoms with van der Waals surface area (Å²) in [4.78, 5) is 12.3. The highest BCUT2D eigenvalue weighted by Crippen LogP contribution is 2.38. The molecule has 0 fully saturated rings. The Morgan fingerprint density at radius 2 is 1.48 bits per heavy atom. The van der Waals surface area contributed by atoms with Crippen LogP contribution in [0.5, 0.6) is 11.5 Å². The van der Waals surface area contributed by atoms with Crippen molar-refractivity contribution in [2.45, 2.75) is 4.90 Å². The minimum Gasteiger partial charge on any atom is -0.494 e. The summed E-state index contributed by atoms with van der Waals surface area (Å²) < 4.78 is 38.8. The van der Waals surface area contributed by atoms with Crippen molar-refractivity contribution in [1.82, 2.24) is 0 Å². The molecule has 7 nitrogen and oxygen atoms in total. The lowest BCUT2D eigenvalue weighted by atomic mass is 10.2. The molecule has 2 N–H and O–H groups in total. The first-order valence-corrected chi connectivity index (χ1v) is 11.1. The number of sulfonamides is 1. The van der Waals surface area contributed by atoms with Gasteiger partial charge in [0.05, 0.1) is 35.6 Å². The van der Waals surface area contributed by atoms with Gasteiger partial charge in [-0.15, -0.1) is 0 Å². The first kappa shape index (κ1) is 22.7. The summed E-state index contributed by atoms with van der Waals surface area (Å²) in [6.45, 7) is 0. The van der Waals surface area contributed by atoms with E-state index in [9.17, 15) is 13.2 Å². The van der Waals surface area contributed by atoms with Crippen LogP contribution >= 0.6 is 23.2 Å². The fourth-order valence-electron chi connectivity index (χ4n) is 2.75. The SMILES string of the molecule is COc1cc(NS(=O)(=O)c2cccc(Cl)c2Cl)c(OC)cc1NC(=O)c1ccccc1. The molecule has 0 heterocycles. The molecule has 0 bridgehead atoms. The van der Waals surface area contributed by atoms with E-state index in [0.29, 0.717) is 11.3 Å². The molecule has 0 radical (unpaired) electrons. The smallest absolute Gasteiger partial charge is 0.263 e. The Balaban J connectivity index is 1.97. The number of anilines is 2. The number of rotatable bonds is 7. The predicted molar refractivity (Wildman–Crippen MR) is 121 cm³/mol. The van der Waals surface area contributed by atoms with Gasteiger partial charge in [0, 0.05) is 17.7 Å². The summed E-state index contributed by atoms with van der Waals surface area (Å²) in [7, 11) is -1.33. The van der Waals surface area contributed by atoms with E-state index < -0.39 is 10.0 Å². The van der Waals surface area contributed by atoms with Crippen LogP contribution in [0.2, 0.25) is 10.0 Å². The number of halogens is 2. The largest absolute Gasteiger partial charge is 0.494 e. The van der Waals surface area contributed by atoms with E-state index in [-0.39, 0.29) is 38.0 Å². The van der Waals surface area contributed by atoms with E-state index in [1.807, 2.05) is 0 Å². The molecule has 0 saturated carbocycles. The molecule has 0 aliphatic rings. The average molecular weight is 481 g/mol. The molecular formula is C21H18Cl2N2O5S. The van der Waals surface area contributed by atoms with Gasteiger partial charge in [0.1, 0.15) is 16.4 Å². The Kier molecular flexibility index (Phi) is 6.94. The van der Waals surface area contributed by atoms with E-state index in [1.54, 1.807) is 30.3 Å². The maximum Gasteiger partial charge on any atom is 0.263 e. The minimum atomic E-state index is -4.09. The zero-order valence-corrected chi connectivity index (χ0v) is 18.8. The van der Waals surface area contributed by atoms with Crippen LogP contribution in [-0.2, 0) is 10.0 Å². The van der Waals surface area contributed by atoms with Gasteiger partial charge in [-0.2, -0.15) is 0 Å². The highest BCUT2D eigenvalue weighted by Gasteiger charge is 2.23. The summed E-state index contributed by atoms with van der Waals surface area (Å²) in [6.07, 6.45) is 0. The number of hydrogen-bond acceptors (Lipinski definition) is 5. The van der Waals surface area contributed by atoms with Gasteiger partial charge >= 0.3 is 0 Å². The van der Waals surface area contributed by atoms with Gasteiger partial charge in [0.25, 0.3) is 15.9 Å². The van der Waals surface area contributed by atoms with Crippen molar-refractivity contribution in [3.05, 3.63) is 76.3 Å². The molecule has 1 amide bonds. The molecule has 31 heavy (non-hydrogen) atoms. The fourth-order valence-corrected chi connectivity index (χ4v) is 4.57. The number of benzene rings is 3. The van der Waals surface area contributed by atoms with Gasteiger partial charge in [-0.25, -0.2) is 8.42 Å². The molecule has 0 aliphatic carbocycles. The van der Waals surface area contributed by atoms with Crippen LogP contribution in [0.25, 0.3) is 0 Å². The van der Waals surface area contributed by atoms with Crippen molar-refractivity contribution in [3.63, 3.8) is 0 Å². The second-order valence-corrected chi connectivity index (χ2v) is 8.67. The average Bonchev–Trinajstić information content (AvgIpc) is 2.76.